The normalized spacial score (nSPS) is 11.7. The van der Waals surface area contributed by atoms with E-state index in [1.807, 2.05) is 0 Å². The molecule has 0 radical (unpaired) electrons. The fraction of sp³-hybridized carbons (Fsp3) is 0. The van der Waals surface area contributed by atoms with Gasteiger partial charge in [-0.2, -0.15) is 8.78 Å². The smallest absolute Gasteiger partial charge is 0.156 e. The molecule has 4 nitrogen and oxygen atoms in total. The van der Waals surface area contributed by atoms with Crippen LogP contribution >= 0.6 is 0 Å². The van der Waals surface area contributed by atoms with Gasteiger partial charge < -0.3 is 0 Å². The maximum absolute atomic E-state index is 10.8. The van der Waals surface area contributed by atoms with Gasteiger partial charge in [0.2, 0.25) is 0 Å². The van der Waals surface area contributed by atoms with E-state index in [0.29, 0.717) is 0 Å². The van der Waals surface area contributed by atoms with Crippen molar-refractivity contribution in [2.75, 3.05) is 0 Å². The molecule has 0 rings (SSSR count). The second kappa shape index (κ2) is 8.00. The molecule has 0 spiro atoms. The number of hydrogen-bond donors (Lipinski definition) is 0. The van der Waals surface area contributed by atoms with E-state index in [4.69, 9.17) is 0 Å². The zero-order chi connectivity index (χ0) is 11.7. The van der Waals surface area contributed by atoms with Crippen LogP contribution < -0.4 is 0 Å². The minimum atomic E-state index is -2.44. The van der Waals surface area contributed by atoms with Gasteiger partial charge >= 0.3 is 12.2 Å². The lowest BCUT2D eigenvalue weighted by Crippen LogP contribution is -2.05. The molecule has 0 bridgehead atoms. The summed E-state index contributed by atoms with van der Waals surface area (Å²) >= 11 is 0. The molecule has 0 saturated heterocycles. The fourth-order valence-corrected chi connectivity index (χ4v) is 0.0571. The Morgan fingerprint density at radius 3 is 0.929 bits per heavy atom. The lowest BCUT2D eigenvalue weighted by atomic mass is 11.3. The van der Waals surface area contributed by atoms with Crippen molar-refractivity contribution in [2.45, 2.75) is 0 Å². The Morgan fingerprint density at radius 2 is 0.929 bits per heavy atom. The molecule has 12 heteroatoms. The van der Waals surface area contributed by atoms with Gasteiger partial charge in [0.15, 0.2) is 0 Å². The van der Waals surface area contributed by atoms with Crippen molar-refractivity contribution in [3.8, 4) is 0 Å². The highest BCUT2D eigenvalue weighted by Gasteiger charge is 2.06. The average Bonchev–Trinajstić information content (AvgIpc) is 2.15. The highest BCUT2D eigenvalue weighted by molar-refractivity contribution is 5.69. The Morgan fingerprint density at radius 1 is 0.714 bits per heavy atom. The van der Waals surface area contributed by atoms with Gasteiger partial charge in [-0.25, -0.2) is 0 Å². The van der Waals surface area contributed by atoms with Crippen LogP contribution in [0.3, 0.4) is 0 Å². The Bertz CT molecular complexity index is 178. The van der Waals surface area contributed by atoms with E-state index in [-0.39, 0.29) is 0 Å². The van der Waals surface area contributed by atoms with Gasteiger partial charge in [0.1, 0.15) is 0 Å². The van der Waals surface area contributed by atoms with Gasteiger partial charge in [0.05, 0.1) is 0 Å². The lowest BCUT2D eigenvalue weighted by molar-refractivity contribution is -0.0865. The van der Waals surface area contributed by atoms with Crippen molar-refractivity contribution in [2.24, 2.45) is 10.4 Å². The zero-order valence-electron chi connectivity index (χ0n) is 5.81. The second-order valence-corrected chi connectivity index (χ2v) is 1.17. The summed E-state index contributed by atoms with van der Waals surface area (Å²) in [5, 5.41) is -2.11. The van der Waals surface area contributed by atoms with E-state index in [1.54, 1.807) is 0 Å². The summed E-state index contributed by atoms with van der Waals surface area (Å²) < 4.78 is 84.3. The zero-order valence-corrected chi connectivity index (χ0v) is 5.81. The molecule has 0 unspecified atom stereocenters. The van der Waals surface area contributed by atoms with E-state index in [1.165, 1.54) is 0 Å². The molecular weight excluding hydrogens is 232 g/mol. The van der Waals surface area contributed by atoms with Crippen LogP contribution in [0.2, 0.25) is 0 Å². The molecule has 0 aromatic heterocycles. The van der Waals surface area contributed by atoms with E-state index < -0.39 is 22.9 Å². The Hall–Kier alpha value is -1.62. The minimum Gasteiger partial charge on any atom is -0.156 e. The Kier molecular flexibility index (Phi) is 8.50. The minimum absolute atomic E-state index is 1.01. The van der Waals surface area contributed by atoms with E-state index >= 15 is 0 Å². The SMILES string of the molecule is FN=C(F)N(F)F.FN=C(F)N(F)F. The van der Waals surface area contributed by atoms with Gasteiger partial charge in [-0.3, -0.25) is 0 Å². The molecule has 14 heavy (non-hydrogen) atoms. The first-order valence-electron chi connectivity index (χ1n) is 2.29. The molecule has 0 aliphatic rings. The summed E-state index contributed by atoms with van der Waals surface area (Å²) in [4.78, 5) is 0. The summed E-state index contributed by atoms with van der Waals surface area (Å²) in [6.45, 7) is 0. The van der Waals surface area contributed by atoms with Crippen LogP contribution in [0, 0.1) is 0 Å². The molecule has 0 aliphatic heterocycles. The van der Waals surface area contributed by atoms with Crippen LogP contribution in [0.5, 0.6) is 0 Å². The first-order valence-corrected chi connectivity index (χ1v) is 2.29. The first-order chi connectivity index (χ1) is 6.36. The van der Waals surface area contributed by atoms with Crippen molar-refractivity contribution >= 4 is 12.2 Å². The Labute approximate surface area is 70.4 Å². The number of rotatable bonds is 0. The number of hydrogen-bond acceptors (Lipinski definition) is 2. The van der Waals surface area contributed by atoms with Crippen LogP contribution in [0.4, 0.5) is 35.7 Å². The third kappa shape index (κ3) is 8.48. The summed E-state index contributed by atoms with van der Waals surface area (Å²) in [5.41, 5.74) is 0. The monoisotopic (exact) mass is 232 g/mol. The summed E-state index contributed by atoms with van der Waals surface area (Å²) in [6.07, 6.45) is -4.89. The fourth-order valence-electron chi connectivity index (χ4n) is 0.0571. The molecule has 0 aromatic carbocycles. The predicted octanol–water partition coefficient (Wildman–Crippen LogP) is 2.53. The molecule has 0 heterocycles. The van der Waals surface area contributed by atoms with Gasteiger partial charge in [-0.15, -0.1) is 0 Å². The molecule has 0 amide bonds. The van der Waals surface area contributed by atoms with Crippen LogP contribution in [0.15, 0.2) is 10.4 Å². The summed E-state index contributed by atoms with van der Waals surface area (Å²) in [5.74, 6) is 0. The van der Waals surface area contributed by atoms with E-state index in [9.17, 15) is 35.7 Å². The highest BCUT2D eigenvalue weighted by Crippen LogP contribution is 1.94. The van der Waals surface area contributed by atoms with Crippen LogP contribution in [-0.2, 0) is 0 Å². The highest BCUT2D eigenvalue weighted by atomic mass is 19.4. The molecule has 84 valence electrons. The first kappa shape index (κ1) is 14.9. The second-order valence-electron chi connectivity index (χ2n) is 1.17. The maximum Gasteiger partial charge on any atom is 0.371 e. The molecule has 0 N–H and O–H groups in total. The topological polar surface area (TPSA) is 31.2 Å². The van der Waals surface area contributed by atoms with Crippen molar-refractivity contribution in [3.63, 3.8) is 0 Å². The Balaban J connectivity index is 0. The average molecular weight is 232 g/mol. The van der Waals surface area contributed by atoms with E-state index in [2.05, 4.69) is 0 Å². The third-order valence-corrected chi connectivity index (χ3v) is 0.418. The quantitative estimate of drug-likeness (QED) is 0.211. The number of amidine groups is 2. The van der Waals surface area contributed by atoms with Gasteiger partial charge in [-0.05, 0) is 10.4 Å². The van der Waals surface area contributed by atoms with Crippen molar-refractivity contribution in [1.82, 2.24) is 10.7 Å². The lowest BCUT2D eigenvalue weighted by Gasteiger charge is -1.87. The van der Waals surface area contributed by atoms with E-state index in [0.717, 1.165) is 10.4 Å². The van der Waals surface area contributed by atoms with Crippen molar-refractivity contribution in [1.29, 1.82) is 0 Å². The van der Waals surface area contributed by atoms with Crippen LogP contribution in [0.25, 0.3) is 0 Å². The van der Waals surface area contributed by atoms with Crippen LogP contribution in [-0.4, -0.2) is 22.9 Å². The number of halogens is 8. The van der Waals surface area contributed by atoms with Crippen molar-refractivity contribution < 1.29 is 35.7 Å². The molecule has 0 fully saturated rings. The molecular formula is C2F8N4. The van der Waals surface area contributed by atoms with Gasteiger partial charge in [-0.1, -0.05) is 26.9 Å². The van der Waals surface area contributed by atoms with Gasteiger partial charge in [0, 0.05) is 10.7 Å². The van der Waals surface area contributed by atoms with Gasteiger partial charge in [0.25, 0.3) is 0 Å². The maximum atomic E-state index is 10.8. The summed E-state index contributed by atoms with van der Waals surface area (Å²) in [6, 6.07) is 0. The standard InChI is InChI=1S/2CF4N2/c2*2-1(6-3)7(4)5. The molecule has 0 aliphatic carbocycles. The molecule has 0 saturated carbocycles. The third-order valence-electron chi connectivity index (χ3n) is 0.418. The van der Waals surface area contributed by atoms with Crippen molar-refractivity contribution in [3.05, 3.63) is 0 Å². The predicted molar refractivity (Wildman–Crippen MR) is 27.4 cm³/mol. The van der Waals surface area contributed by atoms with Crippen LogP contribution in [0.1, 0.15) is 0 Å². The number of nitrogens with zero attached hydrogens (tertiary/aromatic N) is 4. The largest absolute Gasteiger partial charge is 0.371 e. The molecule has 0 atom stereocenters. The summed E-state index contributed by atoms with van der Waals surface area (Å²) in [7, 11) is 0. The molecule has 0 aromatic rings.